The van der Waals surface area contributed by atoms with Crippen molar-refractivity contribution in [1.82, 2.24) is 15.2 Å². The van der Waals surface area contributed by atoms with Crippen molar-refractivity contribution in [1.29, 1.82) is 0 Å². The molecule has 0 spiro atoms. The van der Waals surface area contributed by atoms with Crippen LogP contribution in [0.2, 0.25) is 5.02 Å². The molecule has 0 bridgehead atoms. The summed E-state index contributed by atoms with van der Waals surface area (Å²) in [6.07, 6.45) is 3.66. The standard InChI is InChI=1S/C18H19ClN4O2S/c1-3-11(4-2)17-22-23-18(26-17)21-15(24)10-25-14-8-7-13(19)12-6-5-9-20-16(12)14/h5-9,11H,3-4,10H2,1-2H3,(H,21,23,24). The van der Waals surface area contributed by atoms with Crippen molar-refractivity contribution in [2.24, 2.45) is 0 Å². The number of carbonyl (C=O) groups excluding carboxylic acids is 1. The summed E-state index contributed by atoms with van der Waals surface area (Å²) in [5.74, 6) is 0.590. The van der Waals surface area contributed by atoms with E-state index in [1.807, 2.05) is 6.07 Å². The highest BCUT2D eigenvalue weighted by molar-refractivity contribution is 7.15. The first-order chi connectivity index (χ1) is 12.6. The van der Waals surface area contributed by atoms with Crippen LogP contribution < -0.4 is 10.1 Å². The Labute approximate surface area is 160 Å². The van der Waals surface area contributed by atoms with E-state index in [2.05, 4.69) is 34.3 Å². The summed E-state index contributed by atoms with van der Waals surface area (Å²) in [6, 6.07) is 7.10. The van der Waals surface area contributed by atoms with Crippen molar-refractivity contribution < 1.29 is 9.53 Å². The number of hydrogen-bond donors (Lipinski definition) is 1. The number of ether oxygens (including phenoxy) is 1. The van der Waals surface area contributed by atoms with Crippen LogP contribution in [0.3, 0.4) is 0 Å². The minimum absolute atomic E-state index is 0.146. The Morgan fingerprint density at radius 1 is 1.27 bits per heavy atom. The van der Waals surface area contributed by atoms with Crippen LogP contribution >= 0.6 is 22.9 Å². The summed E-state index contributed by atoms with van der Waals surface area (Å²) in [6.45, 7) is 4.09. The molecule has 1 aromatic carbocycles. The lowest BCUT2D eigenvalue weighted by Crippen LogP contribution is -2.20. The van der Waals surface area contributed by atoms with E-state index in [9.17, 15) is 4.79 Å². The topological polar surface area (TPSA) is 77.0 Å². The average Bonchev–Trinajstić information content (AvgIpc) is 3.10. The maximum atomic E-state index is 12.2. The molecular weight excluding hydrogens is 372 g/mol. The zero-order valence-electron chi connectivity index (χ0n) is 14.5. The van der Waals surface area contributed by atoms with Gasteiger partial charge in [0.05, 0.1) is 5.02 Å². The number of pyridine rings is 1. The van der Waals surface area contributed by atoms with Gasteiger partial charge in [0.1, 0.15) is 16.3 Å². The highest BCUT2D eigenvalue weighted by atomic mass is 35.5. The van der Waals surface area contributed by atoms with Gasteiger partial charge in [0.2, 0.25) is 5.13 Å². The molecule has 0 aliphatic carbocycles. The van der Waals surface area contributed by atoms with Gasteiger partial charge in [-0.2, -0.15) is 0 Å². The fraction of sp³-hybridized carbons (Fsp3) is 0.333. The summed E-state index contributed by atoms with van der Waals surface area (Å²) < 4.78 is 5.63. The number of nitrogens with zero attached hydrogens (tertiary/aromatic N) is 3. The van der Waals surface area contributed by atoms with Gasteiger partial charge in [-0.3, -0.25) is 15.1 Å². The second kappa shape index (κ2) is 8.42. The molecule has 0 aliphatic rings. The lowest BCUT2D eigenvalue weighted by molar-refractivity contribution is -0.118. The van der Waals surface area contributed by atoms with Crippen LogP contribution in [0.5, 0.6) is 5.75 Å². The van der Waals surface area contributed by atoms with E-state index in [-0.39, 0.29) is 12.5 Å². The summed E-state index contributed by atoms with van der Waals surface area (Å²) >= 11 is 7.57. The largest absolute Gasteiger partial charge is 0.481 e. The smallest absolute Gasteiger partial charge is 0.264 e. The third kappa shape index (κ3) is 4.11. The Bertz CT molecular complexity index is 911. The van der Waals surface area contributed by atoms with Gasteiger partial charge < -0.3 is 4.74 Å². The van der Waals surface area contributed by atoms with E-state index >= 15 is 0 Å². The molecule has 6 nitrogen and oxygen atoms in total. The van der Waals surface area contributed by atoms with Gasteiger partial charge in [0, 0.05) is 17.5 Å². The van der Waals surface area contributed by atoms with Crippen LogP contribution in [0.25, 0.3) is 10.9 Å². The molecule has 136 valence electrons. The molecule has 0 aliphatic heterocycles. The molecule has 3 rings (SSSR count). The van der Waals surface area contributed by atoms with Gasteiger partial charge in [-0.1, -0.05) is 36.8 Å². The summed E-state index contributed by atoms with van der Waals surface area (Å²) in [5.41, 5.74) is 0.625. The first-order valence-corrected chi connectivity index (χ1v) is 9.61. The number of aromatic nitrogens is 3. The van der Waals surface area contributed by atoms with Crippen molar-refractivity contribution in [3.05, 3.63) is 40.5 Å². The molecule has 0 atom stereocenters. The quantitative estimate of drug-likeness (QED) is 0.634. The number of amides is 1. The van der Waals surface area contributed by atoms with Gasteiger partial charge in [-0.15, -0.1) is 10.2 Å². The van der Waals surface area contributed by atoms with Gasteiger partial charge in [0.15, 0.2) is 6.61 Å². The van der Waals surface area contributed by atoms with E-state index in [0.29, 0.717) is 27.3 Å². The zero-order chi connectivity index (χ0) is 18.5. The third-order valence-electron chi connectivity index (χ3n) is 4.06. The normalized spacial score (nSPS) is 11.1. The molecule has 0 fully saturated rings. The third-order valence-corrected chi connectivity index (χ3v) is 5.39. The number of hydrogen-bond acceptors (Lipinski definition) is 6. The van der Waals surface area contributed by atoms with Crippen LogP contribution in [-0.4, -0.2) is 27.7 Å². The number of anilines is 1. The van der Waals surface area contributed by atoms with Crippen molar-refractivity contribution in [2.75, 3.05) is 11.9 Å². The molecule has 0 unspecified atom stereocenters. The first kappa shape index (κ1) is 18.5. The van der Waals surface area contributed by atoms with E-state index < -0.39 is 0 Å². The highest BCUT2D eigenvalue weighted by Gasteiger charge is 2.15. The number of rotatable bonds is 7. The van der Waals surface area contributed by atoms with E-state index in [0.717, 1.165) is 23.2 Å². The fourth-order valence-electron chi connectivity index (χ4n) is 2.62. The molecule has 2 heterocycles. The lowest BCUT2D eigenvalue weighted by Gasteiger charge is -2.09. The molecule has 0 saturated heterocycles. The predicted octanol–water partition coefficient (Wildman–Crippen LogP) is 4.66. The van der Waals surface area contributed by atoms with Crippen LogP contribution in [0.1, 0.15) is 37.6 Å². The maximum absolute atomic E-state index is 12.2. The average molecular weight is 391 g/mol. The number of benzene rings is 1. The van der Waals surface area contributed by atoms with E-state index in [4.69, 9.17) is 16.3 Å². The van der Waals surface area contributed by atoms with Gasteiger partial charge >= 0.3 is 0 Å². The number of nitrogens with one attached hydrogen (secondary N) is 1. The Hall–Kier alpha value is -2.25. The second-order valence-corrected chi connectivity index (χ2v) is 7.16. The Morgan fingerprint density at radius 2 is 2.08 bits per heavy atom. The van der Waals surface area contributed by atoms with Crippen molar-refractivity contribution in [2.45, 2.75) is 32.6 Å². The van der Waals surface area contributed by atoms with E-state index in [1.54, 1.807) is 24.4 Å². The van der Waals surface area contributed by atoms with Crippen molar-refractivity contribution in [3.63, 3.8) is 0 Å². The highest BCUT2D eigenvalue weighted by Crippen LogP contribution is 2.30. The molecule has 0 radical (unpaired) electrons. The summed E-state index contributed by atoms with van der Waals surface area (Å²) in [5, 5.41) is 13.7. The molecule has 8 heteroatoms. The van der Waals surface area contributed by atoms with Gasteiger partial charge in [-0.25, -0.2) is 0 Å². The maximum Gasteiger partial charge on any atom is 0.264 e. The van der Waals surface area contributed by atoms with Gasteiger partial charge in [0.25, 0.3) is 5.91 Å². The molecule has 26 heavy (non-hydrogen) atoms. The zero-order valence-corrected chi connectivity index (χ0v) is 16.1. The molecule has 3 aromatic rings. The lowest BCUT2D eigenvalue weighted by atomic mass is 10.1. The Kier molecular flexibility index (Phi) is 6.00. The predicted molar refractivity (Wildman–Crippen MR) is 104 cm³/mol. The minimum atomic E-state index is -0.295. The SMILES string of the molecule is CCC(CC)c1nnc(NC(=O)COc2ccc(Cl)c3cccnc23)s1. The van der Waals surface area contributed by atoms with Crippen molar-refractivity contribution in [3.8, 4) is 5.75 Å². The van der Waals surface area contributed by atoms with Crippen LogP contribution in [0.4, 0.5) is 5.13 Å². The second-order valence-electron chi connectivity index (χ2n) is 5.74. The van der Waals surface area contributed by atoms with Crippen LogP contribution in [0.15, 0.2) is 30.5 Å². The van der Waals surface area contributed by atoms with Gasteiger partial charge in [-0.05, 0) is 37.1 Å². The number of carbonyl (C=O) groups is 1. The molecule has 1 N–H and O–H groups in total. The summed E-state index contributed by atoms with van der Waals surface area (Å²) in [4.78, 5) is 16.4. The van der Waals surface area contributed by atoms with Crippen molar-refractivity contribution >= 4 is 44.9 Å². The van der Waals surface area contributed by atoms with Crippen LogP contribution in [0, 0.1) is 0 Å². The van der Waals surface area contributed by atoms with E-state index in [1.165, 1.54) is 11.3 Å². The monoisotopic (exact) mass is 390 g/mol. The Morgan fingerprint density at radius 3 is 2.85 bits per heavy atom. The molecular formula is C18H19ClN4O2S. The molecule has 2 aromatic heterocycles. The first-order valence-electron chi connectivity index (χ1n) is 8.41. The Balaban J connectivity index is 1.64. The number of halogens is 1. The number of fused-ring (bicyclic) bond motifs is 1. The minimum Gasteiger partial charge on any atom is -0.481 e. The van der Waals surface area contributed by atoms with Crippen LogP contribution in [-0.2, 0) is 4.79 Å². The summed E-state index contributed by atoms with van der Waals surface area (Å²) in [7, 11) is 0. The molecule has 0 saturated carbocycles. The molecule has 1 amide bonds. The fourth-order valence-corrected chi connectivity index (χ4v) is 3.86.